The Hall–Kier alpha value is -1.63. The summed E-state index contributed by atoms with van der Waals surface area (Å²) in [5.74, 6) is -0.356. The number of hydrogen-bond donors (Lipinski definition) is 0. The molecule has 1 heterocycles. The van der Waals surface area contributed by atoms with Gasteiger partial charge in [-0.3, -0.25) is 0 Å². The van der Waals surface area contributed by atoms with E-state index in [0.717, 1.165) is 19.0 Å². The van der Waals surface area contributed by atoms with Crippen molar-refractivity contribution >= 4 is 5.97 Å². The number of carbonyl (C=O) groups excluding carboxylic acids is 1. The number of halogens is 2. The predicted molar refractivity (Wildman–Crippen MR) is 70.0 cm³/mol. The van der Waals surface area contributed by atoms with E-state index in [0.29, 0.717) is 6.61 Å². The van der Waals surface area contributed by atoms with E-state index < -0.39 is 18.1 Å². The average Bonchev–Trinajstić information content (AvgIpc) is 3.29. The normalized spacial score (nSPS) is 16.0. The predicted octanol–water partition coefficient (Wildman–Crippen LogP) is 3.08. The number of hydrogen-bond acceptors (Lipinski definition) is 5. The van der Waals surface area contributed by atoms with Gasteiger partial charge in [0.15, 0.2) is 5.82 Å². The summed E-state index contributed by atoms with van der Waals surface area (Å²) in [5, 5.41) is 0. The highest BCUT2D eigenvalue weighted by Crippen LogP contribution is 2.42. The summed E-state index contributed by atoms with van der Waals surface area (Å²) < 4.78 is 36.6. The molecule has 2 rings (SSSR count). The van der Waals surface area contributed by atoms with Crippen LogP contribution >= 0.6 is 0 Å². The molecular weight excluding hydrogens is 282 g/mol. The highest BCUT2D eigenvalue weighted by atomic mass is 19.3. The van der Waals surface area contributed by atoms with Gasteiger partial charge in [-0.2, -0.15) is 0 Å². The summed E-state index contributed by atoms with van der Waals surface area (Å²) in [6.07, 6.45) is -0.206. The lowest BCUT2D eigenvalue weighted by atomic mass is 10.2. The van der Waals surface area contributed by atoms with E-state index in [9.17, 15) is 13.6 Å². The summed E-state index contributed by atoms with van der Waals surface area (Å²) in [5.41, 5.74) is -0.884. The number of carbonyl (C=O) groups is 1. The second kappa shape index (κ2) is 6.89. The Morgan fingerprint density at radius 3 is 2.62 bits per heavy atom. The zero-order chi connectivity index (χ0) is 15.4. The largest absolute Gasteiger partial charge is 0.462 e. The van der Waals surface area contributed by atoms with Crippen molar-refractivity contribution in [3.8, 4) is 0 Å². The van der Waals surface area contributed by atoms with Crippen LogP contribution in [0.3, 0.4) is 0 Å². The van der Waals surface area contributed by atoms with Crippen LogP contribution in [0.1, 0.15) is 61.1 Å². The molecule has 1 aromatic heterocycles. The maximum absolute atomic E-state index is 13.1. The molecule has 1 atom stereocenters. The maximum atomic E-state index is 13.1. The number of aromatic nitrogens is 2. The van der Waals surface area contributed by atoms with E-state index in [1.54, 1.807) is 6.92 Å². The Morgan fingerprint density at radius 1 is 1.38 bits per heavy atom. The number of rotatable bonds is 7. The lowest BCUT2D eigenvalue weighted by Gasteiger charge is -2.16. The number of alkyl halides is 2. The second-order valence-electron chi connectivity index (χ2n) is 4.76. The number of esters is 1. The van der Waals surface area contributed by atoms with Crippen LogP contribution in [-0.2, 0) is 9.47 Å². The highest BCUT2D eigenvalue weighted by molar-refractivity contribution is 5.90. The first kappa shape index (κ1) is 15.8. The standard InChI is InChI=1S/C14H18F2N2O3/c1-3-20-11(8-5-6-8)13-17-7-9(14(19)21-4-2)10(18-13)12(15)16/h7-8,11-12H,3-6H2,1-2H3. The molecule has 1 aliphatic carbocycles. The fourth-order valence-electron chi connectivity index (χ4n) is 2.08. The molecule has 1 fully saturated rings. The van der Waals surface area contributed by atoms with E-state index in [1.165, 1.54) is 0 Å². The molecule has 1 aromatic rings. The molecule has 0 amide bonds. The van der Waals surface area contributed by atoms with Gasteiger partial charge in [-0.05, 0) is 32.6 Å². The molecule has 1 unspecified atom stereocenters. The van der Waals surface area contributed by atoms with Gasteiger partial charge in [0, 0.05) is 12.8 Å². The third-order valence-electron chi connectivity index (χ3n) is 3.19. The van der Waals surface area contributed by atoms with Crippen molar-refractivity contribution in [1.82, 2.24) is 9.97 Å². The average molecular weight is 300 g/mol. The van der Waals surface area contributed by atoms with Gasteiger partial charge in [0.25, 0.3) is 6.43 Å². The van der Waals surface area contributed by atoms with Crippen molar-refractivity contribution in [3.05, 3.63) is 23.3 Å². The topological polar surface area (TPSA) is 61.3 Å². The Balaban J connectivity index is 2.32. The Kier molecular flexibility index (Phi) is 5.17. The SMILES string of the molecule is CCOC(=O)c1cnc(C(OCC)C2CC2)nc1C(F)F. The van der Waals surface area contributed by atoms with E-state index >= 15 is 0 Å². The molecule has 7 heteroatoms. The first-order valence-corrected chi connectivity index (χ1v) is 7.02. The van der Waals surface area contributed by atoms with Crippen LogP contribution in [0.2, 0.25) is 0 Å². The van der Waals surface area contributed by atoms with Crippen LogP contribution in [-0.4, -0.2) is 29.2 Å². The molecule has 0 saturated heterocycles. The lowest BCUT2D eigenvalue weighted by molar-refractivity contribution is 0.0383. The zero-order valence-corrected chi connectivity index (χ0v) is 12.0. The van der Waals surface area contributed by atoms with Crippen LogP contribution in [0.4, 0.5) is 8.78 Å². The third kappa shape index (κ3) is 3.72. The maximum Gasteiger partial charge on any atom is 0.341 e. The van der Waals surface area contributed by atoms with Crippen molar-refractivity contribution < 1.29 is 23.0 Å². The lowest BCUT2D eigenvalue weighted by Crippen LogP contribution is -2.16. The summed E-state index contributed by atoms with van der Waals surface area (Å²) in [6.45, 7) is 3.99. The zero-order valence-electron chi connectivity index (χ0n) is 12.0. The minimum Gasteiger partial charge on any atom is -0.462 e. The molecule has 21 heavy (non-hydrogen) atoms. The highest BCUT2D eigenvalue weighted by Gasteiger charge is 2.36. The molecule has 116 valence electrons. The molecule has 0 N–H and O–H groups in total. The molecule has 0 aliphatic heterocycles. The van der Waals surface area contributed by atoms with Crippen LogP contribution in [0.25, 0.3) is 0 Å². The molecule has 1 aliphatic rings. The first-order valence-electron chi connectivity index (χ1n) is 7.02. The number of nitrogens with zero attached hydrogens (tertiary/aromatic N) is 2. The van der Waals surface area contributed by atoms with Crippen LogP contribution in [0, 0.1) is 5.92 Å². The summed E-state index contributed by atoms with van der Waals surface area (Å²) in [4.78, 5) is 19.6. The minimum absolute atomic E-state index is 0.104. The molecule has 0 aromatic carbocycles. The fraction of sp³-hybridized carbons (Fsp3) is 0.643. The van der Waals surface area contributed by atoms with Crippen LogP contribution in [0.15, 0.2) is 6.20 Å². The third-order valence-corrected chi connectivity index (χ3v) is 3.19. The van der Waals surface area contributed by atoms with Gasteiger partial charge >= 0.3 is 5.97 Å². The van der Waals surface area contributed by atoms with E-state index in [-0.39, 0.29) is 30.0 Å². The first-order chi connectivity index (χ1) is 10.1. The van der Waals surface area contributed by atoms with Crippen molar-refractivity contribution in [2.45, 2.75) is 39.2 Å². The monoisotopic (exact) mass is 300 g/mol. The molecule has 5 nitrogen and oxygen atoms in total. The Morgan fingerprint density at radius 2 is 2.10 bits per heavy atom. The van der Waals surface area contributed by atoms with Gasteiger partial charge in [0.05, 0.1) is 6.61 Å². The van der Waals surface area contributed by atoms with Crippen molar-refractivity contribution in [2.24, 2.45) is 5.92 Å². The Labute approximate surface area is 121 Å². The van der Waals surface area contributed by atoms with Gasteiger partial charge in [0.1, 0.15) is 17.4 Å². The summed E-state index contributed by atoms with van der Waals surface area (Å²) >= 11 is 0. The quantitative estimate of drug-likeness (QED) is 0.724. The van der Waals surface area contributed by atoms with Crippen LogP contribution in [0.5, 0.6) is 0 Å². The smallest absolute Gasteiger partial charge is 0.341 e. The summed E-state index contributed by atoms with van der Waals surface area (Å²) in [6, 6.07) is 0. The van der Waals surface area contributed by atoms with Gasteiger partial charge < -0.3 is 9.47 Å². The van der Waals surface area contributed by atoms with Crippen LogP contribution < -0.4 is 0 Å². The van der Waals surface area contributed by atoms with E-state index in [4.69, 9.17) is 9.47 Å². The van der Waals surface area contributed by atoms with Crippen molar-refractivity contribution in [3.63, 3.8) is 0 Å². The molecule has 0 spiro atoms. The number of ether oxygens (including phenoxy) is 2. The van der Waals surface area contributed by atoms with Crippen molar-refractivity contribution in [2.75, 3.05) is 13.2 Å². The van der Waals surface area contributed by atoms with Crippen molar-refractivity contribution in [1.29, 1.82) is 0 Å². The Bertz CT molecular complexity index is 507. The molecular formula is C14H18F2N2O3. The van der Waals surface area contributed by atoms with Gasteiger partial charge in [-0.1, -0.05) is 0 Å². The fourth-order valence-corrected chi connectivity index (χ4v) is 2.08. The van der Waals surface area contributed by atoms with Gasteiger partial charge in [0.2, 0.25) is 0 Å². The van der Waals surface area contributed by atoms with E-state index in [2.05, 4.69) is 9.97 Å². The molecule has 0 bridgehead atoms. The molecule has 0 radical (unpaired) electrons. The second-order valence-corrected chi connectivity index (χ2v) is 4.76. The van der Waals surface area contributed by atoms with Gasteiger partial charge in [-0.15, -0.1) is 0 Å². The molecule has 1 saturated carbocycles. The van der Waals surface area contributed by atoms with E-state index in [1.807, 2.05) is 6.92 Å². The van der Waals surface area contributed by atoms with Gasteiger partial charge in [-0.25, -0.2) is 23.5 Å². The minimum atomic E-state index is -2.87. The summed E-state index contributed by atoms with van der Waals surface area (Å²) in [7, 11) is 0.